The number of rotatable bonds is 5. The van der Waals surface area contributed by atoms with Gasteiger partial charge in [-0.2, -0.15) is 0 Å². The Kier molecular flexibility index (Phi) is 4.70. The van der Waals surface area contributed by atoms with Gasteiger partial charge in [0.05, 0.1) is 13.7 Å². The summed E-state index contributed by atoms with van der Waals surface area (Å²) in [6.07, 6.45) is 0. The van der Waals surface area contributed by atoms with Gasteiger partial charge >= 0.3 is 0 Å². The minimum absolute atomic E-state index is 0.146. The van der Waals surface area contributed by atoms with Crippen LogP contribution in [0.25, 0.3) is 0 Å². The van der Waals surface area contributed by atoms with Crippen molar-refractivity contribution in [2.24, 2.45) is 0 Å². The van der Waals surface area contributed by atoms with Gasteiger partial charge in [-0.25, -0.2) is 0 Å². The minimum atomic E-state index is 0.146. The van der Waals surface area contributed by atoms with Crippen LogP contribution >= 0.6 is 0 Å². The summed E-state index contributed by atoms with van der Waals surface area (Å²) in [5, 5.41) is 3.07. The van der Waals surface area contributed by atoms with Gasteiger partial charge in [0.2, 0.25) is 0 Å². The van der Waals surface area contributed by atoms with Crippen molar-refractivity contribution in [3.63, 3.8) is 0 Å². The molecule has 0 radical (unpaired) electrons. The summed E-state index contributed by atoms with van der Waals surface area (Å²) in [7, 11) is 1.65. The molecule has 0 amide bonds. The van der Waals surface area contributed by atoms with Gasteiger partial charge in [0.1, 0.15) is 5.75 Å². The molecule has 3 nitrogen and oxygen atoms in total. The first-order valence-corrected chi connectivity index (χ1v) is 5.91. The first-order chi connectivity index (χ1) is 8.02. The number of ether oxygens (including phenoxy) is 1. The monoisotopic (exact) mass is 235 g/mol. The number of carbonyl (C=O) groups excluding carboxylic acids is 1. The molecule has 94 valence electrons. The van der Waals surface area contributed by atoms with E-state index in [1.807, 2.05) is 33.8 Å². The maximum absolute atomic E-state index is 12.1. The Bertz CT molecular complexity index is 425. The van der Waals surface area contributed by atoms with Crippen LogP contribution in [-0.2, 0) is 0 Å². The maximum atomic E-state index is 12.1. The first kappa shape index (κ1) is 13.7. The number of methoxy groups -OCH3 is 1. The Morgan fingerprint density at radius 1 is 1.29 bits per heavy atom. The Morgan fingerprint density at radius 2 is 1.94 bits per heavy atom. The summed E-state index contributed by atoms with van der Waals surface area (Å²) in [5.41, 5.74) is 3.86. The lowest BCUT2D eigenvalue weighted by Crippen LogP contribution is -2.24. The number of hydrogen-bond acceptors (Lipinski definition) is 3. The molecule has 0 spiro atoms. The molecule has 0 aliphatic carbocycles. The number of likely N-dealkylation sites (N-methyl/N-ethyl adjacent to an activating group) is 1. The lowest BCUT2D eigenvalue weighted by Gasteiger charge is -2.15. The fourth-order valence-corrected chi connectivity index (χ4v) is 2.01. The molecule has 1 aromatic carbocycles. The average molecular weight is 235 g/mol. The maximum Gasteiger partial charge on any atom is 0.177 e. The fraction of sp³-hybridized carbons (Fsp3) is 0.500. The van der Waals surface area contributed by atoms with Crippen LogP contribution in [0, 0.1) is 20.8 Å². The molecule has 1 rings (SSSR count). The van der Waals surface area contributed by atoms with E-state index in [-0.39, 0.29) is 5.78 Å². The zero-order valence-electron chi connectivity index (χ0n) is 11.3. The normalized spacial score (nSPS) is 10.4. The van der Waals surface area contributed by atoms with Gasteiger partial charge in [-0.1, -0.05) is 6.92 Å². The Balaban J connectivity index is 3.16. The topological polar surface area (TPSA) is 38.3 Å². The molecule has 3 heteroatoms. The smallest absolute Gasteiger partial charge is 0.177 e. The molecule has 0 fully saturated rings. The highest BCUT2D eigenvalue weighted by molar-refractivity contribution is 6.00. The molecule has 1 aromatic rings. The van der Waals surface area contributed by atoms with Gasteiger partial charge in [0.15, 0.2) is 5.78 Å². The third kappa shape index (κ3) is 2.86. The molecule has 0 aliphatic rings. The lowest BCUT2D eigenvalue weighted by molar-refractivity contribution is 0.0990. The van der Waals surface area contributed by atoms with E-state index in [1.54, 1.807) is 7.11 Å². The van der Waals surface area contributed by atoms with Gasteiger partial charge in [-0.15, -0.1) is 0 Å². The summed E-state index contributed by atoms with van der Waals surface area (Å²) in [4.78, 5) is 12.1. The van der Waals surface area contributed by atoms with Gasteiger partial charge in [-0.05, 0) is 50.1 Å². The molecular formula is C14H21NO2. The molecule has 0 aromatic heterocycles. The van der Waals surface area contributed by atoms with Gasteiger partial charge in [0.25, 0.3) is 0 Å². The van der Waals surface area contributed by atoms with Crippen LogP contribution in [0.2, 0.25) is 0 Å². The number of Topliss-reactive ketones (excluding diaryl/α,β-unsaturated/α-hetero) is 1. The summed E-state index contributed by atoms with van der Waals surface area (Å²) in [6.45, 7) is 9.10. The van der Waals surface area contributed by atoms with E-state index in [9.17, 15) is 4.79 Å². The summed E-state index contributed by atoms with van der Waals surface area (Å²) >= 11 is 0. The van der Waals surface area contributed by atoms with Crippen molar-refractivity contribution in [2.45, 2.75) is 27.7 Å². The second-order valence-corrected chi connectivity index (χ2v) is 4.22. The van der Waals surface area contributed by atoms with Crippen molar-refractivity contribution in [3.05, 3.63) is 28.3 Å². The van der Waals surface area contributed by atoms with Crippen molar-refractivity contribution in [2.75, 3.05) is 20.2 Å². The van der Waals surface area contributed by atoms with E-state index in [1.165, 1.54) is 0 Å². The predicted molar refractivity (Wildman–Crippen MR) is 70.1 cm³/mol. The number of carbonyl (C=O) groups is 1. The van der Waals surface area contributed by atoms with E-state index in [0.717, 1.165) is 34.5 Å². The number of benzene rings is 1. The summed E-state index contributed by atoms with van der Waals surface area (Å²) < 4.78 is 5.30. The van der Waals surface area contributed by atoms with E-state index in [2.05, 4.69) is 5.32 Å². The highest BCUT2D eigenvalue weighted by Gasteiger charge is 2.16. The fourth-order valence-electron chi connectivity index (χ4n) is 2.01. The highest BCUT2D eigenvalue weighted by Crippen LogP contribution is 2.27. The van der Waals surface area contributed by atoms with E-state index in [0.29, 0.717) is 6.54 Å². The number of hydrogen-bond donors (Lipinski definition) is 1. The molecule has 0 unspecified atom stereocenters. The summed E-state index contributed by atoms with van der Waals surface area (Å²) in [5.74, 6) is 0.993. The van der Waals surface area contributed by atoms with Gasteiger partial charge < -0.3 is 10.1 Å². The van der Waals surface area contributed by atoms with Crippen LogP contribution in [-0.4, -0.2) is 26.0 Å². The molecule has 0 saturated carbocycles. The van der Waals surface area contributed by atoms with E-state index < -0.39 is 0 Å². The summed E-state index contributed by atoms with van der Waals surface area (Å²) in [6, 6.07) is 1.93. The lowest BCUT2D eigenvalue weighted by atomic mass is 9.94. The van der Waals surface area contributed by atoms with Crippen molar-refractivity contribution in [1.82, 2.24) is 5.32 Å². The van der Waals surface area contributed by atoms with E-state index >= 15 is 0 Å². The largest absolute Gasteiger partial charge is 0.496 e. The van der Waals surface area contributed by atoms with Crippen LogP contribution in [0.1, 0.15) is 34.0 Å². The van der Waals surface area contributed by atoms with E-state index in [4.69, 9.17) is 4.74 Å². The minimum Gasteiger partial charge on any atom is -0.496 e. The molecular weight excluding hydrogens is 214 g/mol. The average Bonchev–Trinajstić information content (AvgIpc) is 2.31. The van der Waals surface area contributed by atoms with Crippen molar-refractivity contribution in [1.29, 1.82) is 0 Å². The van der Waals surface area contributed by atoms with Crippen molar-refractivity contribution < 1.29 is 9.53 Å². The Labute approximate surface area is 103 Å². The second kappa shape index (κ2) is 5.82. The number of ketones is 1. The molecule has 1 N–H and O–H groups in total. The molecule has 0 saturated heterocycles. The highest BCUT2D eigenvalue weighted by atomic mass is 16.5. The van der Waals surface area contributed by atoms with Crippen LogP contribution in [0.3, 0.4) is 0 Å². The molecule has 0 bridgehead atoms. The molecule has 0 aliphatic heterocycles. The first-order valence-electron chi connectivity index (χ1n) is 5.91. The second-order valence-electron chi connectivity index (χ2n) is 4.22. The van der Waals surface area contributed by atoms with Crippen LogP contribution in [0.5, 0.6) is 5.75 Å². The van der Waals surface area contributed by atoms with Crippen LogP contribution in [0.15, 0.2) is 6.07 Å². The number of nitrogens with one attached hydrogen (secondary N) is 1. The molecule has 0 atom stereocenters. The zero-order valence-corrected chi connectivity index (χ0v) is 11.3. The standard InChI is InChI=1S/C14H21NO2/c1-6-15-8-12(16)14-9(2)7-13(17-5)10(3)11(14)4/h7,15H,6,8H2,1-5H3. The number of aryl methyl sites for hydroxylation is 1. The molecule has 0 heterocycles. The van der Waals surface area contributed by atoms with Crippen molar-refractivity contribution >= 4 is 5.78 Å². The van der Waals surface area contributed by atoms with Gasteiger partial charge in [0, 0.05) is 5.56 Å². The Morgan fingerprint density at radius 3 is 2.47 bits per heavy atom. The third-order valence-corrected chi connectivity index (χ3v) is 3.08. The van der Waals surface area contributed by atoms with Gasteiger partial charge in [-0.3, -0.25) is 4.79 Å². The van der Waals surface area contributed by atoms with Crippen LogP contribution in [0.4, 0.5) is 0 Å². The zero-order chi connectivity index (χ0) is 13.0. The molecule has 17 heavy (non-hydrogen) atoms. The predicted octanol–water partition coefficient (Wildman–Crippen LogP) is 2.41. The van der Waals surface area contributed by atoms with Crippen molar-refractivity contribution in [3.8, 4) is 5.75 Å². The van der Waals surface area contributed by atoms with Crippen LogP contribution < -0.4 is 10.1 Å². The third-order valence-electron chi connectivity index (χ3n) is 3.08. The SMILES string of the molecule is CCNCC(=O)c1c(C)cc(OC)c(C)c1C. The Hall–Kier alpha value is -1.35. The quantitative estimate of drug-likeness (QED) is 0.796.